The summed E-state index contributed by atoms with van der Waals surface area (Å²) >= 11 is 0. The van der Waals surface area contributed by atoms with E-state index >= 15 is 0 Å². The second-order valence-corrected chi connectivity index (χ2v) is 2.31. The Morgan fingerprint density at radius 3 is 2.27 bits per heavy atom. The summed E-state index contributed by atoms with van der Waals surface area (Å²) in [6.45, 7) is 1.99. The first kappa shape index (κ1) is 7.92. The van der Waals surface area contributed by atoms with Crippen LogP contribution in [0, 0.1) is 6.92 Å². The van der Waals surface area contributed by atoms with Crippen molar-refractivity contribution in [1.29, 1.82) is 0 Å². The van der Waals surface area contributed by atoms with Crippen LogP contribution < -0.4 is 9.47 Å². The fraction of sp³-hybridized carbons (Fsp3) is 0.333. The summed E-state index contributed by atoms with van der Waals surface area (Å²) in [4.78, 5) is 0. The van der Waals surface area contributed by atoms with E-state index in [0.29, 0.717) is 0 Å². The Labute approximate surface area is 66.8 Å². The van der Waals surface area contributed by atoms with Crippen molar-refractivity contribution in [1.82, 2.24) is 0 Å². The normalized spacial score (nSPS) is 9.36. The maximum atomic E-state index is 5.14. The van der Waals surface area contributed by atoms with E-state index in [0.717, 1.165) is 17.1 Å². The topological polar surface area (TPSA) is 18.5 Å². The molecule has 0 aliphatic heterocycles. The van der Waals surface area contributed by atoms with Gasteiger partial charge in [0, 0.05) is 0 Å². The monoisotopic (exact) mass is 152 g/mol. The first-order valence-electron chi connectivity index (χ1n) is 3.47. The van der Waals surface area contributed by atoms with Gasteiger partial charge in [0.05, 0.1) is 14.2 Å². The number of rotatable bonds is 2. The Bertz CT molecular complexity index is 243. The van der Waals surface area contributed by atoms with Gasteiger partial charge in [0.2, 0.25) is 0 Å². The van der Waals surface area contributed by atoms with Crippen molar-refractivity contribution in [2.45, 2.75) is 6.92 Å². The molecule has 0 radical (unpaired) electrons. The lowest BCUT2D eigenvalue weighted by atomic mass is 10.2. The van der Waals surface area contributed by atoms with Crippen molar-refractivity contribution < 1.29 is 9.47 Å². The van der Waals surface area contributed by atoms with Crippen molar-refractivity contribution in [3.05, 3.63) is 23.8 Å². The second kappa shape index (κ2) is 3.28. The van der Waals surface area contributed by atoms with Gasteiger partial charge in [-0.3, -0.25) is 0 Å². The molecule has 0 aromatic heterocycles. The standard InChI is InChI=1S/C9H12O2/c1-7-5-4-6-8(10-2)9(7)11-3/h4-6H,1-3H3. The summed E-state index contributed by atoms with van der Waals surface area (Å²) in [6, 6.07) is 5.81. The zero-order chi connectivity index (χ0) is 8.27. The Morgan fingerprint density at radius 2 is 1.82 bits per heavy atom. The molecule has 1 aromatic rings. The maximum Gasteiger partial charge on any atom is 0.163 e. The molecule has 0 aliphatic carbocycles. The molecule has 1 rings (SSSR count). The van der Waals surface area contributed by atoms with E-state index in [1.54, 1.807) is 14.2 Å². The van der Waals surface area contributed by atoms with Crippen molar-refractivity contribution in [3.8, 4) is 11.5 Å². The predicted octanol–water partition coefficient (Wildman–Crippen LogP) is 2.01. The Morgan fingerprint density at radius 1 is 1.09 bits per heavy atom. The first-order valence-corrected chi connectivity index (χ1v) is 3.47. The van der Waals surface area contributed by atoms with Gasteiger partial charge in [0.25, 0.3) is 0 Å². The molecule has 0 heterocycles. The fourth-order valence-electron chi connectivity index (χ4n) is 1.05. The van der Waals surface area contributed by atoms with Crippen LogP contribution in [0.15, 0.2) is 18.2 Å². The summed E-state index contributed by atoms with van der Waals surface area (Å²) in [5.41, 5.74) is 1.09. The molecule has 0 spiro atoms. The number of hydrogen-bond donors (Lipinski definition) is 0. The lowest BCUT2D eigenvalue weighted by molar-refractivity contribution is 0.353. The van der Waals surface area contributed by atoms with Crippen molar-refractivity contribution >= 4 is 0 Å². The highest BCUT2D eigenvalue weighted by molar-refractivity contribution is 5.45. The summed E-state index contributed by atoms with van der Waals surface area (Å²) in [5.74, 6) is 1.60. The third-order valence-corrected chi connectivity index (χ3v) is 1.60. The number of methoxy groups -OCH3 is 2. The van der Waals surface area contributed by atoms with Gasteiger partial charge in [-0.15, -0.1) is 0 Å². The predicted molar refractivity (Wildman–Crippen MR) is 44.3 cm³/mol. The fourth-order valence-corrected chi connectivity index (χ4v) is 1.05. The van der Waals surface area contributed by atoms with E-state index in [2.05, 4.69) is 0 Å². The largest absolute Gasteiger partial charge is 0.493 e. The third kappa shape index (κ3) is 1.45. The molecule has 60 valence electrons. The first-order chi connectivity index (χ1) is 5.29. The summed E-state index contributed by atoms with van der Waals surface area (Å²) in [5, 5.41) is 0. The molecule has 0 N–H and O–H groups in total. The molecule has 1 aromatic carbocycles. The van der Waals surface area contributed by atoms with Crippen LogP contribution in [0.5, 0.6) is 11.5 Å². The zero-order valence-electron chi connectivity index (χ0n) is 7.05. The molecule has 0 unspecified atom stereocenters. The zero-order valence-corrected chi connectivity index (χ0v) is 7.05. The van der Waals surface area contributed by atoms with Crippen LogP contribution in [0.3, 0.4) is 0 Å². The minimum atomic E-state index is 0.785. The average Bonchev–Trinajstić information content (AvgIpc) is 2.04. The summed E-state index contributed by atoms with van der Waals surface area (Å²) in [7, 11) is 3.28. The van der Waals surface area contributed by atoms with Crippen LogP contribution in [0.1, 0.15) is 5.56 Å². The van der Waals surface area contributed by atoms with Gasteiger partial charge in [0.1, 0.15) is 0 Å². The van der Waals surface area contributed by atoms with E-state index in [9.17, 15) is 0 Å². The molecule has 0 saturated heterocycles. The van der Waals surface area contributed by atoms with Crippen LogP contribution in [0.2, 0.25) is 0 Å². The molecule has 11 heavy (non-hydrogen) atoms. The van der Waals surface area contributed by atoms with Crippen LogP contribution >= 0.6 is 0 Å². The molecular formula is C9H12O2. The van der Waals surface area contributed by atoms with Crippen LogP contribution in [0.25, 0.3) is 0 Å². The van der Waals surface area contributed by atoms with E-state index < -0.39 is 0 Å². The Balaban J connectivity index is 3.13. The molecule has 2 nitrogen and oxygen atoms in total. The molecule has 0 amide bonds. The van der Waals surface area contributed by atoms with Crippen molar-refractivity contribution in [3.63, 3.8) is 0 Å². The van der Waals surface area contributed by atoms with Gasteiger partial charge in [-0.2, -0.15) is 0 Å². The van der Waals surface area contributed by atoms with Crippen molar-refractivity contribution in [2.24, 2.45) is 0 Å². The molecule has 0 saturated carbocycles. The van der Waals surface area contributed by atoms with Crippen LogP contribution in [0.4, 0.5) is 0 Å². The summed E-state index contributed by atoms with van der Waals surface area (Å²) in [6.07, 6.45) is 0. The highest BCUT2D eigenvalue weighted by Gasteiger charge is 2.03. The average molecular weight is 152 g/mol. The van der Waals surface area contributed by atoms with Gasteiger partial charge in [-0.1, -0.05) is 12.1 Å². The van der Waals surface area contributed by atoms with Crippen molar-refractivity contribution in [2.75, 3.05) is 14.2 Å². The number of hydrogen-bond acceptors (Lipinski definition) is 2. The minimum absolute atomic E-state index is 0.785. The molecule has 0 fully saturated rings. The lowest BCUT2D eigenvalue weighted by Gasteiger charge is -2.08. The Hall–Kier alpha value is -1.18. The lowest BCUT2D eigenvalue weighted by Crippen LogP contribution is -1.91. The maximum absolute atomic E-state index is 5.14. The third-order valence-electron chi connectivity index (χ3n) is 1.60. The smallest absolute Gasteiger partial charge is 0.163 e. The Kier molecular flexibility index (Phi) is 2.36. The molecule has 2 heteroatoms. The van der Waals surface area contributed by atoms with Gasteiger partial charge in [-0.25, -0.2) is 0 Å². The van der Waals surface area contributed by atoms with Gasteiger partial charge in [0.15, 0.2) is 11.5 Å². The summed E-state index contributed by atoms with van der Waals surface area (Å²) < 4.78 is 10.2. The highest BCUT2D eigenvalue weighted by atomic mass is 16.5. The van der Waals surface area contributed by atoms with Gasteiger partial charge < -0.3 is 9.47 Å². The van der Waals surface area contributed by atoms with E-state index in [4.69, 9.17) is 9.47 Å². The molecular weight excluding hydrogens is 140 g/mol. The van der Waals surface area contributed by atoms with E-state index in [1.165, 1.54) is 0 Å². The molecule has 0 bridgehead atoms. The number of ether oxygens (including phenoxy) is 2. The minimum Gasteiger partial charge on any atom is -0.493 e. The molecule has 0 atom stereocenters. The number of para-hydroxylation sites is 1. The second-order valence-electron chi connectivity index (χ2n) is 2.31. The SMILES string of the molecule is COc1cccc(C)c1OC. The van der Waals surface area contributed by atoms with Gasteiger partial charge >= 0.3 is 0 Å². The molecule has 0 aliphatic rings. The van der Waals surface area contributed by atoms with E-state index in [-0.39, 0.29) is 0 Å². The van der Waals surface area contributed by atoms with E-state index in [1.807, 2.05) is 25.1 Å². The number of aryl methyl sites for hydroxylation is 1. The van der Waals surface area contributed by atoms with Crippen LogP contribution in [-0.2, 0) is 0 Å². The quantitative estimate of drug-likeness (QED) is 0.645. The highest BCUT2D eigenvalue weighted by Crippen LogP contribution is 2.29. The number of benzene rings is 1. The van der Waals surface area contributed by atoms with Gasteiger partial charge in [-0.05, 0) is 18.6 Å². The van der Waals surface area contributed by atoms with Crippen LogP contribution in [-0.4, -0.2) is 14.2 Å².